The van der Waals surface area contributed by atoms with E-state index in [4.69, 9.17) is 0 Å². The first-order valence-electron chi connectivity index (χ1n) is 17.7. The van der Waals surface area contributed by atoms with Gasteiger partial charge in [0.2, 0.25) is 0 Å². The van der Waals surface area contributed by atoms with Gasteiger partial charge in [-0.3, -0.25) is 0 Å². The molecule has 6 rings (SSSR count). The van der Waals surface area contributed by atoms with Crippen molar-refractivity contribution in [3.05, 3.63) is 183 Å². The standard InChI is InChI=1S/2C15H18.2C9H13.3Fe/c2*1-10-11(2)13(4)15(12(10)3)9-14-7-5-6-8-14;2*1-6-5-7(2)9(4)8(6)3;;;/h2*5-8H,9H2,1-4H3;2*5H,1-4H3;;;/q;;;;3*+2. The van der Waals surface area contributed by atoms with Gasteiger partial charge in [-0.1, -0.05) is 111 Å². The first kappa shape index (κ1) is 52.6. The van der Waals surface area contributed by atoms with Crippen molar-refractivity contribution in [1.29, 1.82) is 0 Å². The molecule has 0 aromatic rings. The summed E-state index contributed by atoms with van der Waals surface area (Å²) >= 11 is 0. The maximum atomic E-state index is 2.24. The Morgan fingerprint density at radius 3 is 0.627 bits per heavy atom. The quantitative estimate of drug-likeness (QED) is 0.248. The third kappa shape index (κ3) is 13.9. The summed E-state index contributed by atoms with van der Waals surface area (Å²) in [7, 11) is 0. The van der Waals surface area contributed by atoms with Gasteiger partial charge < -0.3 is 0 Å². The molecule has 51 heavy (non-hydrogen) atoms. The van der Waals surface area contributed by atoms with E-state index in [0.29, 0.717) is 0 Å². The van der Waals surface area contributed by atoms with Crippen LogP contribution in [0.1, 0.15) is 124 Å². The van der Waals surface area contributed by atoms with Gasteiger partial charge in [-0.15, -0.1) is 0 Å². The predicted octanol–water partition coefficient (Wildman–Crippen LogP) is 12.7. The number of hydrogen-bond acceptors (Lipinski definition) is 0. The molecule has 0 aromatic carbocycles. The van der Waals surface area contributed by atoms with Gasteiger partial charge in [0, 0.05) is 0 Å². The summed E-state index contributed by atoms with van der Waals surface area (Å²) in [5.74, 6) is 29.2. The van der Waals surface area contributed by atoms with Crippen LogP contribution in [0.2, 0.25) is 0 Å². The molecule has 0 N–H and O–H groups in total. The molecule has 0 bridgehead atoms. The minimum Gasteiger partial charge on any atom is -0.0582 e. The van der Waals surface area contributed by atoms with Gasteiger partial charge in [0.25, 0.3) is 0 Å². The minimum atomic E-state index is 0. The molecule has 6 fully saturated rings. The Labute approximate surface area is 355 Å². The fourth-order valence-electron chi connectivity index (χ4n) is 6.86. The molecule has 0 unspecified atom stereocenters. The Morgan fingerprint density at radius 2 is 0.471 bits per heavy atom. The molecule has 0 spiro atoms. The molecule has 0 amide bonds. The molecular weight excluding hydrogens is 744 g/mol. The van der Waals surface area contributed by atoms with Crippen molar-refractivity contribution in [2.75, 3.05) is 0 Å². The van der Waals surface area contributed by atoms with Gasteiger partial charge in [0.15, 0.2) is 0 Å². The summed E-state index contributed by atoms with van der Waals surface area (Å²) < 4.78 is 0. The molecule has 0 aromatic heterocycles. The van der Waals surface area contributed by atoms with Crippen molar-refractivity contribution in [1.82, 2.24) is 0 Å². The second-order valence-corrected chi connectivity index (χ2v) is 14.4. The second-order valence-electron chi connectivity index (χ2n) is 14.4. The average molecular weight is 807 g/mol. The van der Waals surface area contributed by atoms with Crippen LogP contribution in [0.3, 0.4) is 0 Å². The van der Waals surface area contributed by atoms with Crippen LogP contribution in [0.25, 0.3) is 0 Å². The molecule has 0 heterocycles. The Kier molecular flexibility index (Phi) is 25.1. The summed E-state index contributed by atoms with van der Waals surface area (Å²) in [6.07, 6.45) is 23.9. The molecule has 6 aliphatic rings. The fourth-order valence-corrected chi connectivity index (χ4v) is 6.86. The molecule has 6 saturated carbocycles. The van der Waals surface area contributed by atoms with Crippen LogP contribution in [0.4, 0.5) is 0 Å². The van der Waals surface area contributed by atoms with Crippen molar-refractivity contribution in [2.45, 2.75) is 124 Å². The van der Waals surface area contributed by atoms with Gasteiger partial charge in [-0.2, -0.15) is 0 Å². The average Bonchev–Trinajstić information content (AvgIpc) is 3.91. The van der Waals surface area contributed by atoms with Crippen molar-refractivity contribution in [3.8, 4) is 0 Å². The first-order chi connectivity index (χ1) is 22.5. The SMILES string of the molecule is C[C]1[CH][C](C)[C](C)[C]1C.C[C]1[CH][C](C)[C](C)[C]1C.C[C]1[C](C)[C](C)[C](C[C]2[CH][CH][CH][CH]2)[C]1C.C[C]1[C](C)[C](C)[C](C[C]2[CH][CH][CH][CH]2)[C]1C.[Fe+2].[Fe+2].[Fe+2]. The Balaban J connectivity index is 0.000000659. The van der Waals surface area contributed by atoms with E-state index >= 15 is 0 Å². The van der Waals surface area contributed by atoms with E-state index in [9.17, 15) is 0 Å². The molecule has 3 heteroatoms. The Hall–Kier alpha value is 1.56. The van der Waals surface area contributed by atoms with Crippen molar-refractivity contribution in [2.24, 2.45) is 0 Å². The molecule has 272 valence electrons. The van der Waals surface area contributed by atoms with Crippen LogP contribution >= 0.6 is 0 Å². The van der Waals surface area contributed by atoms with Crippen LogP contribution in [0.5, 0.6) is 0 Å². The van der Waals surface area contributed by atoms with E-state index in [0.717, 1.165) is 12.8 Å². The van der Waals surface area contributed by atoms with Crippen LogP contribution in [-0.2, 0) is 51.2 Å². The summed E-state index contributed by atoms with van der Waals surface area (Å²) in [6.45, 7) is 35.2. The van der Waals surface area contributed by atoms with Crippen LogP contribution in [0.15, 0.2) is 0 Å². The van der Waals surface area contributed by atoms with E-state index in [1.807, 2.05) is 0 Å². The molecule has 0 nitrogen and oxygen atoms in total. The summed E-state index contributed by atoms with van der Waals surface area (Å²) in [5.41, 5.74) is 0. The van der Waals surface area contributed by atoms with E-state index in [1.54, 1.807) is 0 Å². The molecule has 30 radical (unpaired) electrons. The van der Waals surface area contributed by atoms with Gasteiger partial charge in [-0.05, 0) is 195 Å². The fraction of sp³-hybridized carbons (Fsp3) is 0.375. The van der Waals surface area contributed by atoms with Crippen LogP contribution in [0, 0.1) is 183 Å². The van der Waals surface area contributed by atoms with Crippen molar-refractivity contribution >= 4 is 0 Å². The predicted molar refractivity (Wildman–Crippen MR) is 208 cm³/mol. The maximum Gasteiger partial charge on any atom is 2.00 e. The van der Waals surface area contributed by atoms with Gasteiger partial charge in [-0.25, -0.2) is 0 Å². The molecular formula is C48H62Fe3+6. The van der Waals surface area contributed by atoms with Gasteiger partial charge in [0.1, 0.15) is 0 Å². The zero-order chi connectivity index (χ0) is 36.0. The molecule has 6 aliphatic carbocycles. The second kappa shape index (κ2) is 24.4. The summed E-state index contributed by atoms with van der Waals surface area (Å²) in [5, 5.41) is 0. The maximum absolute atomic E-state index is 2.24. The van der Waals surface area contributed by atoms with E-state index in [2.05, 4.69) is 175 Å². The molecule has 0 atom stereocenters. The molecule has 0 saturated heterocycles. The van der Waals surface area contributed by atoms with E-state index < -0.39 is 0 Å². The van der Waals surface area contributed by atoms with Crippen molar-refractivity contribution < 1.29 is 51.2 Å². The van der Waals surface area contributed by atoms with Crippen LogP contribution < -0.4 is 0 Å². The summed E-state index contributed by atoms with van der Waals surface area (Å²) in [4.78, 5) is 0. The van der Waals surface area contributed by atoms with E-state index in [1.165, 1.54) is 118 Å². The largest absolute Gasteiger partial charge is 2.00 e. The topological polar surface area (TPSA) is 0 Å². The van der Waals surface area contributed by atoms with Crippen molar-refractivity contribution in [3.63, 3.8) is 0 Å². The summed E-state index contributed by atoms with van der Waals surface area (Å²) in [6, 6.07) is 0. The first-order valence-corrected chi connectivity index (χ1v) is 17.7. The third-order valence-corrected chi connectivity index (χ3v) is 11.8. The number of hydrogen-bond donors (Lipinski definition) is 0. The Morgan fingerprint density at radius 1 is 0.275 bits per heavy atom. The number of rotatable bonds is 4. The minimum absolute atomic E-state index is 0. The van der Waals surface area contributed by atoms with Gasteiger partial charge >= 0.3 is 51.2 Å². The normalized spacial score (nSPS) is 27.3. The van der Waals surface area contributed by atoms with Crippen LogP contribution in [-0.4, -0.2) is 0 Å². The monoisotopic (exact) mass is 806 g/mol. The molecule has 0 aliphatic heterocycles. The zero-order valence-corrected chi connectivity index (χ0v) is 37.6. The van der Waals surface area contributed by atoms with Gasteiger partial charge in [0.05, 0.1) is 0 Å². The Bertz CT molecular complexity index is 769. The smallest absolute Gasteiger partial charge is 0.0582 e. The zero-order valence-electron chi connectivity index (χ0n) is 34.2. The third-order valence-electron chi connectivity index (χ3n) is 11.8. The van der Waals surface area contributed by atoms with E-state index in [-0.39, 0.29) is 51.2 Å².